The summed E-state index contributed by atoms with van der Waals surface area (Å²) in [4.78, 5) is 14.8. The van der Waals surface area contributed by atoms with E-state index >= 15 is 0 Å². The third-order valence-electron chi connectivity index (χ3n) is 6.86. The molecule has 152 valence electrons. The molecule has 3 fully saturated rings. The molecule has 0 aromatic heterocycles. The van der Waals surface area contributed by atoms with Crippen LogP contribution < -0.4 is 15.0 Å². The van der Waals surface area contributed by atoms with Gasteiger partial charge in [-0.25, -0.2) is 4.39 Å². The van der Waals surface area contributed by atoms with Crippen molar-refractivity contribution in [3.05, 3.63) is 52.8 Å². The highest BCUT2D eigenvalue weighted by molar-refractivity contribution is 5.93. The first-order valence-corrected chi connectivity index (χ1v) is 10.5. The second kappa shape index (κ2) is 6.75. The Balaban J connectivity index is 1.33. The van der Waals surface area contributed by atoms with Gasteiger partial charge in [0.1, 0.15) is 18.2 Å². The zero-order valence-electron chi connectivity index (χ0n) is 17.1. The van der Waals surface area contributed by atoms with Gasteiger partial charge >= 0.3 is 0 Å². The second-order valence-electron chi connectivity index (χ2n) is 9.18. The van der Waals surface area contributed by atoms with E-state index in [9.17, 15) is 9.18 Å². The molecule has 2 bridgehead atoms. The van der Waals surface area contributed by atoms with Crippen LogP contribution >= 0.6 is 0 Å². The fourth-order valence-electron chi connectivity index (χ4n) is 5.28. The van der Waals surface area contributed by atoms with Crippen LogP contribution in [0.25, 0.3) is 0 Å². The Kier molecular flexibility index (Phi) is 4.30. The van der Waals surface area contributed by atoms with Gasteiger partial charge in [-0.15, -0.1) is 0 Å². The Hall–Kier alpha value is -2.56. The summed E-state index contributed by atoms with van der Waals surface area (Å²) in [5.74, 6) is 1.38. The Morgan fingerprint density at radius 1 is 1.21 bits per heavy atom. The summed E-state index contributed by atoms with van der Waals surface area (Å²) in [5, 5.41) is 3.17. The predicted octanol–water partition coefficient (Wildman–Crippen LogP) is 4.97. The normalized spacial score (nSPS) is 24.5. The first kappa shape index (κ1) is 18.5. The van der Waals surface area contributed by atoms with Crippen molar-refractivity contribution in [2.75, 3.05) is 23.4 Å². The number of rotatable bonds is 4. The number of nitrogens with zero attached hydrogens (tertiary/aromatic N) is 1. The number of nitrogens with one attached hydrogen (secondary N) is 1. The molecule has 1 aliphatic heterocycles. The van der Waals surface area contributed by atoms with Crippen molar-refractivity contribution in [1.29, 1.82) is 0 Å². The van der Waals surface area contributed by atoms with Crippen molar-refractivity contribution < 1.29 is 13.9 Å². The van der Waals surface area contributed by atoms with Gasteiger partial charge in [0.2, 0.25) is 5.91 Å². The average molecular weight is 394 g/mol. The summed E-state index contributed by atoms with van der Waals surface area (Å²) in [6, 6.07) is 8.98. The van der Waals surface area contributed by atoms with Crippen molar-refractivity contribution in [3.8, 4) is 5.75 Å². The molecule has 1 amide bonds. The minimum absolute atomic E-state index is 0.140. The highest BCUT2D eigenvalue weighted by atomic mass is 19.1. The molecule has 1 N–H and O–H groups in total. The molecule has 2 aromatic rings. The van der Waals surface area contributed by atoms with E-state index in [-0.39, 0.29) is 11.7 Å². The number of carbonyl (C=O) groups excluding carboxylic acids is 1. The van der Waals surface area contributed by atoms with Gasteiger partial charge < -0.3 is 15.0 Å². The van der Waals surface area contributed by atoms with E-state index in [1.165, 1.54) is 31.4 Å². The lowest BCUT2D eigenvalue weighted by Gasteiger charge is -2.61. The smallest absolute Gasteiger partial charge is 0.224 e. The van der Waals surface area contributed by atoms with Gasteiger partial charge in [0, 0.05) is 36.0 Å². The quantitative estimate of drug-likeness (QED) is 0.796. The molecule has 6 rings (SSSR count). The third kappa shape index (κ3) is 3.37. The van der Waals surface area contributed by atoms with E-state index in [1.807, 2.05) is 13.8 Å². The molecule has 3 aliphatic carbocycles. The van der Waals surface area contributed by atoms with Crippen LogP contribution in [0.3, 0.4) is 0 Å². The van der Waals surface area contributed by atoms with Gasteiger partial charge in [0.05, 0.1) is 6.54 Å². The first-order chi connectivity index (χ1) is 13.9. The van der Waals surface area contributed by atoms with Gasteiger partial charge in [-0.3, -0.25) is 4.79 Å². The lowest BCUT2D eigenvalue weighted by atomic mass is 9.43. The van der Waals surface area contributed by atoms with E-state index < -0.39 is 0 Å². The summed E-state index contributed by atoms with van der Waals surface area (Å²) in [5.41, 5.74) is 5.45. The van der Waals surface area contributed by atoms with Crippen LogP contribution in [0.4, 0.5) is 15.8 Å². The van der Waals surface area contributed by atoms with Crippen LogP contribution in [0.2, 0.25) is 0 Å². The molecule has 4 aliphatic rings. The molecule has 2 aromatic carbocycles. The van der Waals surface area contributed by atoms with Gasteiger partial charge in [0.15, 0.2) is 0 Å². The fourth-order valence-corrected chi connectivity index (χ4v) is 5.28. The Morgan fingerprint density at radius 2 is 1.93 bits per heavy atom. The number of ether oxygens (including phenoxy) is 1. The van der Waals surface area contributed by atoms with E-state index in [4.69, 9.17) is 4.74 Å². The molecule has 0 unspecified atom stereocenters. The van der Waals surface area contributed by atoms with Gasteiger partial charge in [0.25, 0.3) is 0 Å². The molecule has 29 heavy (non-hydrogen) atoms. The summed E-state index contributed by atoms with van der Waals surface area (Å²) >= 11 is 0. The van der Waals surface area contributed by atoms with Gasteiger partial charge in [-0.1, -0.05) is 6.07 Å². The second-order valence-corrected chi connectivity index (χ2v) is 9.18. The van der Waals surface area contributed by atoms with E-state index in [0.29, 0.717) is 30.7 Å². The number of fused-ring (bicyclic) bond motifs is 1. The lowest BCUT2D eigenvalue weighted by molar-refractivity contribution is -0.139. The van der Waals surface area contributed by atoms with Crippen molar-refractivity contribution in [2.24, 2.45) is 11.3 Å². The van der Waals surface area contributed by atoms with Crippen LogP contribution in [0.1, 0.15) is 42.4 Å². The highest BCUT2D eigenvalue weighted by Gasteiger charge is 2.56. The molecule has 0 saturated heterocycles. The predicted molar refractivity (Wildman–Crippen MR) is 112 cm³/mol. The molecule has 0 atom stereocenters. The van der Waals surface area contributed by atoms with Crippen LogP contribution in [0.5, 0.6) is 5.75 Å². The number of halogens is 1. The Labute approximate surface area is 171 Å². The number of hydrogen-bond donors (Lipinski definition) is 1. The summed E-state index contributed by atoms with van der Waals surface area (Å²) in [6.45, 7) is 6.00. The standard InChI is InChI=1S/C24H27FN2O2/c1-15-7-20(27-5-6-29-21-9-19(25)4-3-18(21)14-27)8-16(2)23(15)26-22(28)13-24-10-17(11-24)12-24/h3-4,7-9,17H,5-6,10-14H2,1-2H3,(H,26,28). The number of amides is 1. The maximum Gasteiger partial charge on any atom is 0.224 e. The number of carbonyl (C=O) groups is 1. The van der Waals surface area contributed by atoms with Crippen molar-refractivity contribution in [1.82, 2.24) is 0 Å². The van der Waals surface area contributed by atoms with E-state index in [0.717, 1.165) is 40.5 Å². The molecule has 0 radical (unpaired) electrons. The zero-order chi connectivity index (χ0) is 20.2. The molecule has 3 saturated carbocycles. The van der Waals surface area contributed by atoms with Gasteiger partial charge in [-0.2, -0.15) is 0 Å². The maximum atomic E-state index is 13.5. The molecule has 4 nitrogen and oxygen atoms in total. The zero-order valence-corrected chi connectivity index (χ0v) is 17.1. The first-order valence-electron chi connectivity index (χ1n) is 10.5. The number of hydrogen-bond acceptors (Lipinski definition) is 3. The molecular weight excluding hydrogens is 367 g/mol. The largest absolute Gasteiger partial charge is 0.491 e. The number of aryl methyl sites for hydroxylation is 2. The highest BCUT2D eigenvalue weighted by Crippen LogP contribution is 2.66. The SMILES string of the molecule is Cc1cc(N2CCOc3cc(F)ccc3C2)cc(C)c1NC(=O)CC12CC(C1)C2. The monoisotopic (exact) mass is 394 g/mol. The number of benzene rings is 2. The van der Waals surface area contributed by atoms with Crippen molar-refractivity contribution in [3.63, 3.8) is 0 Å². The average Bonchev–Trinajstić information content (AvgIpc) is 2.82. The Morgan fingerprint density at radius 3 is 2.59 bits per heavy atom. The van der Waals surface area contributed by atoms with Crippen molar-refractivity contribution in [2.45, 2.75) is 46.1 Å². The minimum Gasteiger partial charge on any atom is -0.491 e. The van der Waals surface area contributed by atoms with Crippen LogP contribution in [-0.4, -0.2) is 19.1 Å². The summed E-state index contributed by atoms with van der Waals surface area (Å²) < 4.78 is 19.3. The lowest BCUT2D eigenvalue weighted by Crippen LogP contribution is -2.53. The van der Waals surface area contributed by atoms with Gasteiger partial charge in [-0.05, 0) is 73.8 Å². The Bertz CT molecular complexity index is 947. The maximum absolute atomic E-state index is 13.5. The summed E-state index contributed by atoms with van der Waals surface area (Å²) in [6.07, 6.45) is 4.36. The molecular formula is C24H27FN2O2. The topological polar surface area (TPSA) is 41.6 Å². The number of anilines is 2. The van der Waals surface area contributed by atoms with E-state index in [2.05, 4.69) is 22.3 Å². The fraction of sp³-hybridized carbons (Fsp3) is 0.458. The molecule has 0 spiro atoms. The van der Waals surface area contributed by atoms with Crippen molar-refractivity contribution >= 4 is 17.3 Å². The molecule has 5 heteroatoms. The minimum atomic E-state index is -0.275. The molecule has 1 heterocycles. The third-order valence-corrected chi connectivity index (χ3v) is 6.86. The van der Waals surface area contributed by atoms with Crippen LogP contribution in [0, 0.1) is 31.0 Å². The van der Waals surface area contributed by atoms with Crippen LogP contribution in [0.15, 0.2) is 30.3 Å². The van der Waals surface area contributed by atoms with E-state index in [1.54, 1.807) is 6.07 Å². The van der Waals surface area contributed by atoms with Crippen LogP contribution in [-0.2, 0) is 11.3 Å². The summed E-state index contributed by atoms with van der Waals surface area (Å²) in [7, 11) is 0.